The van der Waals surface area contributed by atoms with Crippen LogP contribution in [0.2, 0.25) is 0 Å². The van der Waals surface area contributed by atoms with Crippen LogP contribution < -0.4 is 21.3 Å². The Balaban J connectivity index is 0.958. The van der Waals surface area contributed by atoms with E-state index in [1.165, 1.54) is 59.9 Å². The van der Waals surface area contributed by atoms with E-state index in [-0.39, 0.29) is 18.5 Å². The highest BCUT2D eigenvalue weighted by Gasteiger charge is 2.58. The van der Waals surface area contributed by atoms with E-state index >= 15 is 0 Å². The largest absolute Gasteiger partial charge is 0.307 e. The van der Waals surface area contributed by atoms with Crippen molar-refractivity contribution in [2.24, 2.45) is 41.4 Å². The van der Waals surface area contributed by atoms with E-state index in [0.29, 0.717) is 66.4 Å². The van der Waals surface area contributed by atoms with Crippen molar-refractivity contribution in [3.05, 3.63) is 155 Å². The summed E-state index contributed by atoms with van der Waals surface area (Å²) in [5.41, 5.74) is 6.79. The summed E-state index contributed by atoms with van der Waals surface area (Å²) in [4.78, 5) is 0. The minimum absolute atomic E-state index is 0.00618. The molecular formula is C48H55FN4. The summed E-state index contributed by atoms with van der Waals surface area (Å²) in [6.07, 6.45) is 25.0. The number of nitrogens with one attached hydrogen (secondary N) is 4. The number of halogens is 1. The molecule has 3 aromatic carbocycles. The number of benzene rings is 3. The topological polar surface area (TPSA) is 48.1 Å². The van der Waals surface area contributed by atoms with E-state index in [1.54, 1.807) is 0 Å². The van der Waals surface area contributed by atoms with Crippen molar-refractivity contribution >= 4 is 0 Å². The van der Waals surface area contributed by atoms with Crippen molar-refractivity contribution in [1.82, 2.24) is 21.3 Å². The summed E-state index contributed by atoms with van der Waals surface area (Å²) in [6.45, 7) is 0. The van der Waals surface area contributed by atoms with E-state index in [1.807, 2.05) is 0 Å². The van der Waals surface area contributed by atoms with E-state index in [4.69, 9.17) is 0 Å². The number of allylic oxidation sites excluding steroid dienone is 7. The first-order valence-electron chi connectivity index (χ1n) is 20.8. The fourth-order valence-corrected chi connectivity index (χ4v) is 12.2. The molecule has 2 saturated carbocycles. The standard InChI is InChI=1S/C48H55FN4/c49-36-25-22-30(23-26-36)45-44-40-21-10-8-19-38(40)37-18-7-9-20-39(37)43(44)41-29-34(24-27-42(41)50-45)33-16-11-17-35(28-33)48-52-46(31-12-3-1-4-13-31)51-47(53-48)32-14-5-2-6-15-32/h1-6,8-17,19-22,28,34,36-48,50-53H,7,18,23-27,29H2. The lowest BCUT2D eigenvalue weighted by atomic mass is 9.46. The van der Waals surface area contributed by atoms with Crippen molar-refractivity contribution in [3.8, 4) is 0 Å². The fraction of sp³-hybridized carbons (Fsp3) is 0.458. The number of hydrogen-bond donors (Lipinski definition) is 4. The lowest BCUT2D eigenvalue weighted by Crippen LogP contribution is -2.65. The maximum atomic E-state index is 14.5. The lowest BCUT2D eigenvalue weighted by Gasteiger charge is -2.62. The van der Waals surface area contributed by atoms with Crippen LogP contribution in [0.3, 0.4) is 0 Å². The summed E-state index contributed by atoms with van der Waals surface area (Å²) in [5, 5.41) is 16.0. The van der Waals surface area contributed by atoms with E-state index in [9.17, 15) is 4.39 Å². The Morgan fingerprint density at radius 3 is 1.96 bits per heavy atom. The van der Waals surface area contributed by atoms with Gasteiger partial charge in [0.1, 0.15) is 6.17 Å². The zero-order valence-electron chi connectivity index (χ0n) is 30.7. The molecule has 4 N–H and O–H groups in total. The molecule has 53 heavy (non-hydrogen) atoms. The van der Waals surface area contributed by atoms with Crippen molar-refractivity contribution < 1.29 is 4.39 Å². The molecule has 10 rings (SSSR count). The van der Waals surface area contributed by atoms with Crippen LogP contribution in [0.25, 0.3) is 0 Å². The normalized spacial score (nSPS) is 40.3. The molecular weight excluding hydrogens is 652 g/mol. The highest BCUT2D eigenvalue weighted by molar-refractivity contribution is 5.34. The molecule has 4 nitrogen and oxygen atoms in total. The van der Waals surface area contributed by atoms with Crippen LogP contribution in [0, 0.1) is 41.4 Å². The monoisotopic (exact) mass is 706 g/mol. The summed E-state index contributed by atoms with van der Waals surface area (Å²) in [6, 6.07) is 31.9. The van der Waals surface area contributed by atoms with Gasteiger partial charge in [-0.2, -0.15) is 0 Å². The van der Waals surface area contributed by atoms with Gasteiger partial charge in [0.15, 0.2) is 0 Å². The third kappa shape index (κ3) is 6.42. The molecule has 13 unspecified atom stereocenters. The predicted octanol–water partition coefficient (Wildman–Crippen LogP) is 9.72. The first-order valence-corrected chi connectivity index (χ1v) is 20.8. The van der Waals surface area contributed by atoms with Gasteiger partial charge in [-0.1, -0.05) is 133 Å². The van der Waals surface area contributed by atoms with Crippen molar-refractivity contribution in [2.75, 3.05) is 0 Å². The molecule has 274 valence electrons. The maximum Gasteiger partial charge on any atom is 0.104 e. The second-order valence-corrected chi connectivity index (χ2v) is 17.2. The number of fused-ring (bicyclic) bond motifs is 8. The zero-order valence-corrected chi connectivity index (χ0v) is 30.7. The average Bonchev–Trinajstić information content (AvgIpc) is 3.24. The van der Waals surface area contributed by atoms with Crippen LogP contribution in [-0.4, -0.2) is 18.3 Å². The molecule has 2 saturated heterocycles. The van der Waals surface area contributed by atoms with Gasteiger partial charge in [0.05, 0.1) is 18.5 Å². The zero-order chi connectivity index (χ0) is 35.3. The van der Waals surface area contributed by atoms with Crippen LogP contribution in [0.1, 0.15) is 98.0 Å². The van der Waals surface area contributed by atoms with Crippen LogP contribution in [0.4, 0.5) is 4.39 Å². The quantitative estimate of drug-likeness (QED) is 0.200. The molecule has 2 aliphatic heterocycles. The molecule has 13 atom stereocenters. The minimum Gasteiger partial charge on any atom is -0.307 e. The molecule has 5 heteroatoms. The Kier molecular flexibility index (Phi) is 9.32. The second kappa shape index (κ2) is 14.6. The summed E-state index contributed by atoms with van der Waals surface area (Å²) < 4.78 is 14.5. The number of rotatable bonds is 5. The van der Waals surface area contributed by atoms with E-state index in [2.05, 4.69) is 149 Å². The van der Waals surface area contributed by atoms with Gasteiger partial charge < -0.3 is 5.32 Å². The number of hydrogen-bond acceptors (Lipinski definition) is 4. The van der Waals surface area contributed by atoms with Gasteiger partial charge in [0, 0.05) is 12.1 Å². The highest BCUT2D eigenvalue weighted by Crippen LogP contribution is 2.60. The molecule has 0 radical (unpaired) electrons. The maximum absolute atomic E-state index is 14.5. The molecule has 7 aliphatic rings. The van der Waals surface area contributed by atoms with Crippen molar-refractivity contribution in [3.63, 3.8) is 0 Å². The third-order valence-electron chi connectivity index (χ3n) is 14.5. The number of piperidine rings is 1. The smallest absolute Gasteiger partial charge is 0.104 e. The summed E-state index contributed by atoms with van der Waals surface area (Å²) in [7, 11) is 0. The Bertz CT molecular complexity index is 1820. The second-order valence-electron chi connectivity index (χ2n) is 17.2. The summed E-state index contributed by atoms with van der Waals surface area (Å²) in [5.74, 6) is 4.87. The van der Waals surface area contributed by atoms with Gasteiger partial charge in [0.25, 0.3) is 0 Å². The highest BCUT2D eigenvalue weighted by atomic mass is 19.1. The minimum atomic E-state index is -0.678. The third-order valence-corrected chi connectivity index (χ3v) is 14.5. The number of alkyl halides is 1. The molecule has 0 bridgehead atoms. The molecule has 2 heterocycles. The SMILES string of the molecule is FC1CC=C(C2NC3CCC(c4cccc(C5NC(c6ccccc6)NC(c6ccccc6)N5)c4)CC3C3C4C=CCCC4C4C=CC=CC4C23)CC1. The van der Waals surface area contributed by atoms with Gasteiger partial charge in [-0.15, -0.1) is 0 Å². The fourth-order valence-electron chi connectivity index (χ4n) is 12.2. The first kappa shape index (κ1) is 33.9. The molecule has 4 fully saturated rings. The van der Waals surface area contributed by atoms with Crippen LogP contribution in [-0.2, 0) is 0 Å². The van der Waals surface area contributed by atoms with Crippen LogP contribution in [0.15, 0.2) is 133 Å². The Hall–Kier alpha value is -3.61. The van der Waals surface area contributed by atoms with Gasteiger partial charge in [-0.05, 0) is 121 Å². The van der Waals surface area contributed by atoms with Crippen molar-refractivity contribution in [1.29, 1.82) is 0 Å². The molecule has 3 aromatic rings. The first-order chi connectivity index (χ1) is 26.2. The Morgan fingerprint density at radius 1 is 0.566 bits per heavy atom. The summed E-state index contributed by atoms with van der Waals surface area (Å²) >= 11 is 0. The lowest BCUT2D eigenvalue weighted by molar-refractivity contribution is -0.0649. The van der Waals surface area contributed by atoms with Gasteiger partial charge in [0.2, 0.25) is 0 Å². The predicted molar refractivity (Wildman–Crippen MR) is 212 cm³/mol. The van der Waals surface area contributed by atoms with Gasteiger partial charge in [-0.25, -0.2) is 4.39 Å². The van der Waals surface area contributed by atoms with E-state index in [0.717, 1.165) is 12.3 Å². The van der Waals surface area contributed by atoms with Gasteiger partial charge in [-0.3, -0.25) is 16.0 Å². The van der Waals surface area contributed by atoms with E-state index < -0.39 is 6.17 Å². The molecule has 5 aliphatic carbocycles. The molecule has 0 amide bonds. The van der Waals surface area contributed by atoms with Gasteiger partial charge >= 0.3 is 0 Å². The van der Waals surface area contributed by atoms with Crippen LogP contribution in [0.5, 0.6) is 0 Å². The molecule has 0 spiro atoms. The Morgan fingerprint density at radius 2 is 1.25 bits per heavy atom. The van der Waals surface area contributed by atoms with Crippen molar-refractivity contribution in [2.45, 2.75) is 94.0 Å². The Labute approximate surface area is 315 Å². The average molecular weight is 707 g/mol. The van der Waals surface area contributed by atoms with Crippen LogP contribution >= 0.6 is 0 Å². The molecule has 0 aromatic heterocycles.